The molecule has 0 saturated heterocycles. The highest BCUT2D eigenvalue weighted by atomic mass is 31.2. The second kappa shape index (κ2) is 10.6. The SMILES string of the molecule is O=P1(c2ccccc2)c2ccccc2-c2ccc3c4ccccc4n(-c4c5ccccc5c(-c5ccc6ccccc6c5)c5ccccc45)c3c21. The number of aromatic nitrogens is 1. The normalized spacial score (nSPS) is 15.2. The van der Waals surface area contributed by atoms with Crippen molar-refractivity contribution in [1.29, 1.82) is 0 Å². The van der Waals surface area contributed by atoms with Gasteiger partial charge in [-0.2, -0.15) is 0 Å². The zero-order valence-corrected chi connectivity index (χ0v) is 28.5. The smallest absolute Gasteiger partial charge is 0.174 e. The molecule has 2 nitrogen and oxygen atoms in total. The Morgan fingerprint density at radius 1 is 0.431 bits per heavy atom. The summed E-state index contributed by atoms with van der Waals surface area (Å²) >= 11 is 0. The van der Waals surface area contributed by atoms with E-state index in [1.165, 1.54) is 32.7 Å². The lowest BCUT2D eigenvalue weighted by Gasteiger charge is -2.22. The molecule has 0 saturated carbocycles. The second-order valence-electron chi connectivity index (χ2n) is 13.5. The van der Waals surface area contributed by atoms with Gasteiger partial charge in [0, 0.05) is 32.2 Å². The first-order chi connectivity index (χ1) is 25.2. The van der Waals surface area contributed by atoms with Crippen molar-refractivity contribution in [1.82, 2.24) is 4.57 Å². The first-order valence-electron chi connectivity index (χ1n) is 17.5. The minimum Gasteiger partial charge on any atom is -0.309 e. The Morgan fingerprint density at radius 2 is 1.04 bits per heavy atom. The number of hydrogen-bond donors (Lipinski definition) is 0. The lowest BCUT2D eigenvalue weighted by Crippen LogP contribution is -2.22. The third-order valence-corrected chi connectivity index (χ3v) is 14.1. The van der Waals surface area contributed by atoms with Crippen LogP contribution in [0.2, 0.25) is 0 Å². The minimum atomic E-state index is -3.27. The molecular weight excluding hydrogens is 638 g/mol. The number of fused-ring (bicyclic) bond motifs is 10. The molecule has 1 aliphatic heterocycles. The predicted molar refractivity (Wildman–Crippen MR) is 217 cm³/mol. The summed E-state index contributed by atoms with van der Waals surface area (Å²) in [6.45, 7) is 0. The van der Waals surface area contributed by atoms with Crippen LogP contribution < -0.4 is 15.9 Å². The molecule has 2 heterocycles. The van der Waals surface area contributed by atoms with Crippen molar-refractivity contribution in [3.8, 4) is 27.9 Å². The van der Waals surface area contributed by atoms with Crippen LogP contribution >= 0.6 is 7.14 Å². The maximum absolute atomic E-state index is 16.2. The molecule has 11 rings (SSSR count). The van der Waals surface area contributed by atoms with E-state index in [1.807, 2.05) is 36.4 Å². The van der Waals surface area contributed by atoms with Crippen LogP contribution in [0.1, 0.15) is 0 Å². The zero-order chi connectivity index (χ0) is 33.7. The molecule has 1 aromatic heterocycles. The summed E-state index contributed by atoms with van der Waals surface area (Å²) in [4.78, 5) is 0. The molecule has 0 radical (unpaired) electrons. The number of nitrogens with zero attached hydrogens (tertiary/aromatic N) is 1. The third kappa shape index (κ3) is 3.86. The van der Waals surface area contributed by atoms with Gasteiger partial charge in [-0.25, -0.2) is 0 Å². The molecule has 1 atom stereocenters. The predicted octanol–water partition coefficient (Wildman–Crippen LogP) is 11.5. The summed E-state index contributed by atoms with van der Waals surface area (Å²) in [6, 6.07) is 64.6. The van der Waals surface area contributed by atoms with Gasteiger partial charge >= 0.3 is 0 Å². The van der Waals surface area contributed by atoms with E-state index in [1.54, 1.807) is 0 Å². The van der Waals surface area contributed by atoms with Crippen molar-refractivity contribution in [2.75, 3.05) is 0 Å². The Kier molecular flexibility index (Phi) is 5.97. The van der Waals surface area contributed by atoms with Crippen LogP contribution in [-0.4, -0.2) is 4.57 Å². The van der Waals surface area contributed by atoms with E-state index < -0.39 is 7.14 Å². The van der Waals surface area contributed by atoms with Gasteiger partial charge in [-0.15, -0.1) is 0 Å². The molecule has 0 fully saturated rings. The number of para-hydroxylation sites is 1. The van der Waals surface area contributed by atoms with Gasteiger partial charge in [0.05, 0.1) is 22.0 Å². The highest BCUT2D eigenvalue weighted by Gasteiger charge is 2.43. The van der Waals surface area contributed by atoms with Crippen LogP contribution in [0, 0.1) is 0 Å². The number of hydrogen-bond acceptors (Lipinski definition) is 1. The molecule has 0 amide bonds. The Bertz CT molecular complexity index is 3060. The van der Waals surface area contributed by atoms with Crippen molar-refractivity contribution in [3.05, 3.63) is 182 Å². The molecule has 0 bridgehead atoms. The van der Waals surface area contributed by atoms with Gasteiger partial charge < -0.3 is 9.13 Å². The monoisotopic (exact) mass is 667 g/mol. The van der Waals surface area contributed by atoms with Crippen molar-refractivity contribution in [2.45, 2.75) is 0 Å². The summed E-state index contributed by atoms with van der Waals surface area (Å²) in [5.74, 6) is 0. The van der Waals surface area contributed by atoms with Crippen molar-refractivity contribution in [2.24, 2.45) is 0 Å². The second-order valence-corrected chi connectivity index (χ2v) is 16.2. The lowest BCUT2D eigenvalue weighted by atomic mass is 9.89. The fourth-order valence-electron chi connectivity index (χ4n) is 8.81. The average molecular weight is 668 g/mol. The first-order valence-corrected chi connectivity index (χ1v) is 19.2. The van der Waals surface area contributed by atoms with Gasteiger partial charge in [0.25, 0.3) is 0 Å². The molecule has 3 heteroatoms. The minimum absolute atomic E-state index is 0.863. The summed E-state index contributed by atoms with van der Waals surface area (Å²) in [5.41, 5.74) is 7.76. The lowest BCUT2D eigenvalue weighted by molar-refractivity contribution is 0.593. The van der Waals surface area contributed by atoms with Crippen molar-refractivity contribution in [3.63, 3.8) is 0 Å². The van der Waals surface area contributed by atoms with Crippen LogP contribution in [0.15, 0.2) is 182 Å². The number of rotatable bonds is 3. The van der Waals surface area contributed by atoms with Gasteiger partial charge in [0.2, 0.25) is 0 Å². The molecule has 1 unspecified atom stereocenters. The highest BCUT2D eigenvalue weighted by molar-refractivity contribution is 7.86. The maximum Gasteiger partial charge on any atom is 0.174 e. The van der Waals surface area contributed by atoms with Crippen molar-refractivity contribution < 1.29 is 4.57 Å². The Morgan fingerprint density at radius 3 is 1.80 bits per heavy atom. The summed E-state index contributed by atoms with van der Waals surface area (Å²) < 4.78 is 18.6. The van der Waals surface area contributed by atoms with E-state index in [9.17, 15) is 0 Å². The Labute approximate surface area is 295 Å². The molecule has 51 heavy (non-hydrogen) atoms. The molecule has 0 spiro atoms. The summed E-state index contributed by atoms with van der Waals surface area (Å²) in [7, 11) is -3.27. The van der Waals surface area contributed by atoms with Crippen LogP contribution in [0.5, 0.6) is 0 Å². The summed E-state index contributed by atoms with van der Waals surface area (Å²) in [5, 5.41) is 12.1. The van der Waals surface area contributed by atoms with E-state index in [4.69, 9.17) is 0 Å². The first kappa shape index (κ1) is 28.6. The van der Waals surface area contributed by atoms with Gasteiger partial charge in [-0.05, 0) is 55.9 Å². The third-order valence-electron chi connectivity index (χ3n) is 10.9. The molecule has 1 aliphatic rings. The standard InChI is InChI=1S/C48H30NOP/c50-51(34-16-2-1-3-17-34)44-25-13-11-19-36(44)42-29-28-41-35-18-10-12-24-43(35)49(47(41)48(42)51)46-39-22-8-6-20-37(39)45(38-21-7-9-23-40(38)46)33-27-26-31-14-4-5-15-32(31)30-33/h1-30H. The van der Waals surface area contributed by atoms with E-state index in [2.05, 4.69) is 150 Å². The van der Waals surface area contributed by atoms with Crippen molar-refractivity contribution >= 4 is 77.2 Å². The Hall–Kier alpha value is -6.21. The van der Waals surface area contributed by atoms with Gasteiger partial charge in [0.15, 0.2) is 7.14 Å². The topological polar surface area (TPSA) is 22.0 Å². The Balaban J connectivity index is 1.34. The van der Waals surface area contributed by atoms with Crippen LogP contribution in [-0.2, 0) is 4.57 Å². The van der Waals surface area contributed by atoms with E-state index >= 15 is 4.57 Å². The average Bonchev–Trinajstić information content (AvgIpc) is 3.67. The van der Waals surface area contributed by atoms with Gasteiger partial charge in [-0.1, -0.05) is 170 Å². The van der Waals surface area contributed by atoms with Gasteiger partial charge in [0.1, 0.15) is 0 Å². The highest BCUT2D eigenvalue weighted by Crippen LogP contribution is 2.55. The van der Waals surface area contributed by atoms with E-state index in [-0.39, 0.29) is 0 Å². The molecule has 0 aliphatic carbocycles. The van der Waals surface area contributed by atoms with Crippen LogP contribution in [0.25, 0.3) is 82.1 Å². The summed E-state index contributed by atoms with van der Waals surface area (Å²) in [6.07, 6.45) is 0. The molecule has 9 aromatic carbocycles. The van der Waals surface area contributed by atoms with E-state index in [0.29, 0.717) is 0 Å². The maximum atomic E-state index is 16.2. The van der Waals surface area contributed by atoms with Gasteiger partial charge in [-0.3, -0.25) is 0 Å². The molecular formula is C48H30NOP. The zero-order valence-electron chi connectivity index (χ0n) is 27.6. The van der Waals surface area contributed by atoms with E-state index in [0.717, 1.165) is 65.3 Å². The largest absolute Gasteiger partial charge is 0.309 e. The molecule has 0 N–H and O–H groups in total. The number of benzene rings is 9. The fraction of sp³-hybridized carbons (Fsp3) is 0. The van der Waals surface area contributed by atoms with Crippen LogP contribution in [0.3, 0.4) is 0 Å². The molecule has 10 aromatic rings. The quantitative estimate of drug-likeness (QED) is 0.136. The fourth-order valence-corrected chi connectivity index (χ4v) is 12.1. The van der Waals surface area contributed by atoms with Crippen LogP contribution in [0.4, 0.5) is 0 Å². The molecule has 238 valence electrons.